The Hall–Kier alpha value is -0.0600. The fourth-order valence-electron chi connectivity index (χ4n) is 1.68. The number of alkyl halides is 1. The fraction of sp³-hybridized carbons (Fsp3) is 0.143. The van der Waals surface area contributed by atoms with Crippen LogP contribution in [-0.4, -0.2) is 0 Å². The number of aryl methyl sites for hydroxylation is 1. The van der Waals surface area contributed by atoms with Gasteiger partial charge in [-0.3, -0.25) is 0 Å². The molecule has 0 spiro atoms. The van der Waals surface area contributed by atoms with Crippen molar-refractivity contribution in [2.24, 2.45) is 0 Å². The minimum absolute atomic E-state index is 0.214. The second-order valence-electron chi connectivity index (χ2n) is 3.89. The van der Waals surface area contributed by atoms with E-state index in [1.807, 2.05) is 12.1 Å². The second-order valence-corrected chi connectivity index (χ2v) is 6.32. The predicted octanol–water partition coefficient (Wildman–Crippen LogP) is 5.74. The van der Waals surface area contributed by atoms with E-state index in [-0.39, 0.29) is 4.83 Å². The van der Waals surface area contributed by atoms with Crippen molar-refractivity contribution in [2.75, 3.05) is 0 Å². The van der Waals surface area contributed by atoms with Crippen LogP contribution in [0, 0.1) is 10.5 Å². The Labute approximate surface area is 129 Å². The third-order valence-corrected chi connectivity index (χ3v) is 5.40. The van der Waals surface area contributed by atoms with E-state index in [9.17, 15) is 0 Å². The van der Waals surface area contributed by atoms with Crippen molar-refractivity contribution in [1.82, 2.24) is 0 Å². The van der Waals surface area contributed by atoms with Gasteiger partial charge in [-0.05, 0) is 58.3 Å². The van der Waals surface area contributed by atoms with Gasteiger partial charge in [-0.2, -0.15) is 0 Å². The standard InChI is InChI=1S/C14H11BrClI/c1-9-3-2-4-12(14(9)17)13(15)10-5-7-11(16)8-6-10/h2-8,13H,1H3. The molecule has 0 fully saturated rings. The molecule has 0 aliphatic carbocycles. The van der Waals surface area contributed by atoms with Crippen LogP contribution in [0.15, 0.2) is 42.5 Å². The third-order valence-electron chi connectivity index (χ3n) is 2.66. The SMILES string of the molecule is Cc1cccc(C(Br)c2ccc(Cl)cc2)c1I. The van der Waals surface area contributed by atoms with Crippen LogP contribution in [0.5, 0.6) is 0 Å². The lowest BCUT2D eigenvalue weighted by molar-refractivity contribution is 1.15. The molecule has 2 aromatic carbocycles. The average Bonchev–Trinajstić information content (AvgIpc) is 2.33. The van der Waals surface area contributed by atoms with Gasteiger partial charge < -0.3 is 0 Å². The van der Waals surface area contributed by atoms with Crippen molar-refractivity contribution < 1.29 is 0 Å². The summed E-state index contributed by atoms with van der Waals surface area (Å²) in [5.74, 6) is 0. The largest absolute Gasteiger partial charge is 0.0843 e. The number of benzene rings is 2. The predicted molar refractivity (Wildman–Crippen MR) is 86.1 cm³/mol. The van der Waals surface area contributed by atoms with E-state index in [1.165, 1.54) is 20.3 Å². The summed E-state index contributed by atoms with van der Waals surface area (Å²) in [7, 11) is 0. The molecule has 0 bridgehead atoms. The minimum atomic E-state index is 0.214. The highest BCUT2D eigenvalue weighted by Gasteiger charge is 2.14. The maximum atomic E-state index is 5.90. The molecule has 0 amide bonds. The summed E-state index contributed by atoms with van der Waals surface area (Å²) in [6.07, 6.45) is 0. The summed E-state index contributed by atoms with van der Waals surface area (Å²) < 4.78 is 1.31. The van der Waals surface area contributed by atoms with Crippen LogP contribution in [-0.2, 0) is 0 Å². The van der Waals surface area contributed by atoms with Gasteiger partial charge in [0.15, 0.2) is 0 Å². The van der Waals surface area contributed by atoms with Gasteiger partial charge in [-0.15, -0.1) is 0 Å². The van der Waals surface area contributed by atoms with Crippen LogP contribution in [0.3, 0.4) is 0 Å². The van der Waals surface area contributed by atoms with Crippen LogP contribution < -0.4 is 0 Å². The Balaban J connectivity index is 2.40. The zero-order valence-electron chi connectivity index (χ0n) is 9.25. The van der Waals surface area contributed by atoms with Crippen molar-refractivity contribution >= 4 is 50.1 Å². The van der Waals surface area contributed by atoms with Crippen molar-refractivity contribution in [1.29, 1.82) is 0 Å². The van der Waals surface area contributed by atoms with Crippen LogP contribution >= 0.6 is 50.1 Å². The molecule has 1 atom stereocenters. The van der Waals surface area contributed by atoms with Crippen molar-refractivity contribution in [3.63, 3.8) is 0 Å². The van der Waals surface area contributed by atoms with E-state index in [1.54, 1.807) is 0 Å². The number of rotatable bonds is 2. The lowest BCUT2D eigenvalue weighted by atomic mass is 10.0. The van der Waals surface area contributed by atoms with Gasteiger partial charge >= 0.3 is 0 Å². The zero-order chi connectivity index (χ0) is 12.4. The normalized spacial score (nSPS) is 12.5. The van der Waals surface area contributed by atoms with E-state index in [0.29, 0.717) is 0 Å². The monoisotopic (exact) mass is 420 g/mol. The van der Waals surface area contributed by atoms with Crippen LogP contribution in [0.1, 0.15) is 21.5 Å². The zero-order valence-corrected chi connectivity index (χ0v) is 13.8. The van der Waals surface area contributed by atoms with E-state index < -0.39 is 0 Å². The summed E-state index contributed by atoms with van der Waals surface area (Å²) in [4.78, 5) is 0.214. The maximum Gasteiger partial charge on any atom is 0.0655 e. The molecule has 2 rings (SSSR count). The first-order chi connectivity index (χ1) is 8.09. The van der Waals surface area contributed by atoms with Gasteiger partial charge in [0.1, 0.15) is 0 Å². The summed E-state index contributed by atoms with van der Waals surface area (Å²) >= 11 is 12.1. The molecular formula is C14H11BrClI. The molecule has 0 saturated heterocycles. The first-order valence-corrected chi connectivity index (χ1v) is 7.61. The van der Waals surface area contributed by atoms with Crippen molar-refractivity contribution in [3.05, 3.63) is 67.7 Å². The fourth-order valence-corrected chi connectivity index (χ4v) is 3.59. The summed E-state index contributed by atoms with van der Waals surface area (Å²) in [6.45, 7) is 2.13. The maximum absolute atomic E-state index is 5.90. The van der Waals surface area contributed by atoms with E-state index >= 15 is 0 Å². The Kier molecular flexibility index (Phi) is 4.50. The van der Waals surface area contributed by atoms with Gasteiger partial charge in [-0.25, -0.2) is 0 Å². The first kappa shape index (κ1) is 13.4. The minimum Gasteiger partial charge on any atom is -0.0843 e. The first-order valence-electron chi connectivity index (χ1n) is 5.24. The highest BCUT2D eigenvalue weighted by molar-refractivity contribution is 14.1. The summed E-state index contributed by atoms with van der Waals surface area (Å²) in [5, 5.41) is 0.771. The van der Waals surface area contributed by atoms with Gasteiger partial charge in [0.25, 0.3) is 0 Å². The third kappa shape index (κ3) is 3.04. The highest BCUT2D eigenvalue weighted by Crippen LogP contribution is 2.35. The van der Waals surface area contributed by atoms with Crippen molar-refractivity contribution in [2.45, 2.75) is 11.8 Å². The Bertz CT molecular complexity index is 522. The van der Waals surface area contributed by atoms with E-state index in [2.05, 4.69) is 75.8 Å². The Morgan fingerprint density at radius 1 is 1.12 bits per heavy atom. The molecule has 0 aliphatic rings. The Morgan fingerprint density at radius 2 is 1.76 bits per heavy atom. The van der Waals surface area contributed by atoms with Gasteiger partial charge in [-0.1, -0.05) is 57.9 Å². The molecule has 3 heteroatoms. The number of hydrogen-bond donors (Lipinski definition) is 0. The Morgan fingerprint density at radius 3 is 2.41 bits per heavy atom. The van der Waals surface area contributed by atoms with Crippen LogP contribution in [0.4, 0.5) is 0 Å². The smallest absolute Gasteiger partial charge is 0.0655 e. The lowest BCUT2D eigenvalue weighted by Crippen LogP contribution is -1.97. The molecule has 2 aromatic rings. The van der Waals surface area contributed by atoms with Crippen LogP contribution in [0.25, 0.3) is 0 Å². The highest BCUT2D eigenvalue weighted by atomic mass is 127. The van der Waals surface area contributed by atoms with Crippen molar-refractivity contribution in [3.8, 4) is 0 Å². The second kappa shape index (κ2) is 5.72. The molecule has 0 N–H and O–H groups in total. The molecule has 0 radical (unpaired) electrons. The molecule has 0 aromatic heterocycles. The lowest BCUT2D eigenvalue weighted by Gasteiger charge is -2.14. The van der Waals surface area contributed by atoms with E-state index in [0.717, 1.165) is 5.02 Å². The molecule has 1 unspecified atom stereocenters. The van der Waals surface area contributed by atoms with Gasteiger partial charge in [0.2, 0.25) is 0 Å². The molecule has 17 heavy (non-hydrogen) atoms. The summed E-state index contributed by atoms with van der Waals surface area (Å²) in [5.41, 5.74) is 3.83. The number of hydrogen-bond acceptors (Lipinski definition) is 0. The quantitative estimate of drug-likeness (QED) is 0.429. The van der Waals surface area contributed by atoms with Crippen LogP contribution in [0.2, 0.25) is 5.02 Å². The molecule has 0 aliphatic heterocycles. The summed E-state index contributed by atoms with van der Waals surface area (Å²) in [6, 6.07) is 14.3. The number of halogens is 3. The molecule has 0 saturated carbocycles. The van der Waals surface area contributed by atoms with Gasteiger partial charge in [0.05, 0.1) is 4.83 Å². The van der Waals surface area contributed by atoms with Gasteiger partial charge in [0, 0.05) is 8.59 Å². The van der Waals surface area contributed by atoms with E-state index in [4.69, 9.17) is 11.6 Å². The molecule has 88 valence electrons. The topological polar surface area (TPSA) is 0 Å². The molecule has 0 nitrogen and oxygen atoms in total. The molecule has 0 heterocycles. The molecular weight excluding hydrogens is 410 g/mol. The average molecular weight is 422 g/mol.